The number of amides is 1. The van der Waals surface area contributed by atoms with E-state index in [0.29, 0.717) is 42.3 Å². The van der Waals surface area contributed by atoms with Crippen LogP contribution in [0.5, 0.6) is 0 Å². The van der Waals surface area contributed by atoms with Gasteiger partial charge in [-0.15, -0.1) is 0 Å². The molecule has 2 aliphatic rings. The summed E-state index contributed by atoms with van der Waals surface area (Å²) in [6, 6.07) is 1.75. The van der Waals surface area contributed by atoms with Crippen molar-refractivity contribution >= 4 is 28.7 Å². The number of alkyl halides is 3. The van der Waals surface area contributed by atoms with Crippen LogP contribution >= 0.6 is 0 Å². The smallest absolute Gasteiger partial charge is 0.390 e. The molecule has 14 heteroatoms. The minimum Gasteiger partial charge on any atom is -0.390 e. The summed E-state index contributed by atoms with van der Waals surface area (Å²) in [5, 5.41) is 27.1. The van der Waals surface area contributed by atoms with Crippen LogP contribution < -0.4 is 15.5 Å². The Morgan fingerprint density at radius 1 is 1.16 bits per heavy atom. The Labute approximate surface area is 209 Å². The maximum absolute atomic E-state index is 12.9. The molecule has 37 heavy (non-hydrogen) atoms. The molecule has 1 saturated carbocycles. The van der Waals surface area contributed by atoms with Crippen LogP contribution in [-0.2, 0) is 11.0 Å². The molecule has 1 amide bonds. The number of carbonyl (C=O) groups excluding carboxylic acids is 1. The van der Waals surface area contributed by atoms with Gasteiger partial charge in [-0.3, -0.25) is 4.79 Å². The van der Waals surface area contributed by atoms with Gasteiger partial charge in [0.1, 0.15) is 29.9 Å². The molecule has 198 valence electrons. The summed E-state index contributed by atoms with van der Waals surface area (Å²) in [6.45, 7) is 2.80. The molecule has 0 spiro atoms. The predicted molar refractivity (Wildman–Crippen MR) is 126 cm³/mol. The number of pyridine rings is 1. The number of anilines is 2. The Kier molecular flexibility index (Phi) is 6.62. The van der Waals surface area contributed by atoms with Crippen LogP contribution in [0.4, 0.5) is 24.8 Å². The number of aliphatic hydroxyl groups is 2. The first-order valence-corrected chi connectivity index (χ1v) is 12.1. The number of nitrogens with one attached hydrogen (secondary N) is 2. The van der Waals surface area contributed by atoms with Crippen LogP contribution in [0.2, 0.25) is 0 Å². The van der Waals surface area contributed by atoms with E-state index in [4.69, 9.17) is 0 Å². The lowest BCUT2D eigenvalue weighted by Crippen LogP contribution is -2.38. The fourth-order valence-corrected chi connectivity index (χ4v) is 5.12. The molecule has 1 aliphatic heterocycles. The molecule has 0 bridgehead atoms. The molecule has 1 aliphatic carbocycles. The van der Waals surface area contributed by atoms with Gasteiger partial charge >= 0.3 is 6.18 Å². The maximum atomic E-state index is 12.9. The molecule has 0 aromatic carbocycles. The van der Waals surface area contributed by atoms with Crippen molar-refractivity contribution in [2.75, 3.05) is 23.3 Å². The van der Waals surface area contributed by atoms with Crippen LogP contribution in [0.25, 0.3) is 11.2 Å². The monoisotopic (exact) mass is 520 g/mol. The van der Waals surface area contributed by atoms with Crippen molar-refractivity contribution in [2.45, 2.75) is 56.8 Å². The molecule has 1 saturated heterocycles. The Hall–Kier alpha value is -3.52. The van der Waals surface area contributed by atoms with Crippen LogP contribution in [0.3, 0.4) is 0 Å². The van der Waals surface area contributed by atoms with Gasteiger partial charge in [0, 0.05) is 19.3 Å². The molecule has 4 heterocycles. The zero-order chi connectivity index (χ0) is 26.3. The van der Waals surface area contributed by atoms with E-state index in [0.717, 1.165) is 18.7 Å². The highest BCUT2D eigenvalue weighted by molar-refractivity contribution is 5.83. The number of halogens is 3. The molecule has 5 rings (SSSR count). The minimum absolute atomic E-state index is 0.211. The van der Waals surface area contributed by atoms with Crippen LogP contribution in [-0.4, -0.2) is 72.1 Å². The number of aromatic nitrogens is 5. The Balaban J connectivity index is 1.37. The fourth-order valence-electron chi connectivity index (χ4n) is 5.12. The molecule has 11 nitrogen and oxygen atoms in total. The topological polar surface area (TPSA) is 141 Å². The average Bonchev–Trinajstić information content (AvgIpc) is 3.58. The second-order valence-electron chi connectivity index (χ2n) is 9.23. The highest BCUT2D eigenvalue weighted by Gasteiger charge is 2.46. The van der Waals surface area contributed by atoms with Gasteiger partial charge in [0.15, 0.2) is 11.5 Å². The third-order valence-electron chi connectivity index (χ3n) is 6.98. The van der Waals surface area contributed by atoms with E-state index in [1.165, 1.54) is 18.7 Å². The number of rotatable bonds is 6. The molecule has 4 N–H and O–H groups in total. The maximum Gasteiger partial charge on any atom is 0.417 e. The summed E-state index contributed by atoms with van der Waals surface area (Å²) in [6.07, 6.45) is -1.77. The number of carbonyl (C=O) groups is 1. The first kappa shape index (κ1) is 25.1. The van der Waals surface area contributed by atoms with Gasteiger partial charge in [-0.25, -0.2) is 19.9 Å². The van der Waals surface area contributed by atoms with Gasteiger partial charge in [-0.2, -0.15) is 13.2 Å². The molecule has 1 unspecified atom stereocenters. The van der Waals surface area contributed by atoms with Gasteiger partial charge in [-0.05, 0) is 38.3 Å². The van der Waals surface area contributed by atoms with E-state index in [9.17, 15) is 28.2 Å². The van der Waals surface area contributed by atoms with Crippen LogP contribution in [0.1, 0.15) is 37.8 Å². The zero-order valence-corrected chi connectivity index (χ0v) is 19.9. The summed E-state index contributed by atoms with van der Waals surface area (Å²) >= 11 is 0. The first-order chi connectivity index (χ1) is 17.7. The standard InChI is InChI=1S/C23H27F3N8O3/c1-2-27-22(37)13-8-14(19(36)18(13)35)34-11-31-17-20(29-10-30-21(17)34)32-16-4-3-7-33(16)15-6-5-12(9-28-15)23(24,25)26/h5-6,9-11,13-14,16,18-19,35-36H,2-4,7-8H2,1H3,(H,27,37)(H,29,30,32)/t13-,14+,16?,18+,19-/m0/s1. The zero-order valence-electron chi connectivity index (χ0n) is 19.9. The second kappa shape index (κ2) is 9.74. The number of hydrogen-bond donors (Lipinski definition) is 4. The lowest BCUT2D eigenvalue weighted by atomic mass is 10.0. The van der Waals surface area contributed by atoms with Gasteiger partial charge in [0.25, 0.3) is 0 Å². The fraction of sp³-hybridized carbons (Fsp3) is 0.522. The van der Waals surface area contributed by atoms with Crippen molar-refractivity contribution in [3.05, 3.63) is 36.5 Å². The van der Waals surface area contributed by atoms with Gasteiger partial charge in [0.2, 0.25) is 5.91 Å². The summed E-state index contributed by atoms with van der Waals surface area (Å²) in [5.41, 5.74) is 0.0389. The van der Waals surface area contributed by atoms with Crippen molar-refractivity contribution in [3.63, 3.8) is 0 Å². The predicted octanol–water partition coefficient (Wildman–Crippen LogP) is 1.70. The van der Waals surface area contributed by atoms with Crippen molar-refractivity contribution in [1.82, 2.24) is 29.8 Å². The molecule has 0 radical (unpaired) electrons. The van der Waals surface area contributed by atoms with E-state index in [1.807, 2.05) is 4.90 Å². The molecule has 3 aromatic rings. The van der Waals surface area contributed by atoms with Crippen molar-refractivity contribution in [3.8, 4) is 0 Å². The minimum atomic E-state index is -4.46. The molecule has 5 atom stereocenters. The third kappa shape index (κ3) is 4.66. The van der Waals surface area contributed by atoms with Crippen molar-refractivity contribution in [1.29, 1.82) is 0 Å². The third-order valence-corrected chi connectivity index (χ3v) is 6.98. The number of fused-ring (bicyclic) bond motifs is 1. The van der Waals surface area contributed by atoms with Crippen LogP contribution in [0.15, 0.2) is 31.0 Å². The van der Waals surface area contributed by atoms with E-state index in [-0.39, 0.29) is 18.5 Å². The van der Waals surface area contributed by atoms with E-state index in [1.54, 1.807) is 11.5 Å². The molecular formula is C23H27F3N8O3. The summed E-state index contributed by atoms with van der Waals surface area (Å²) in [4.78, 5) is 31.3. The largest absolute Gasteiger partial charge is 0.417 e. The quantitative estimate of drug-likeness (QED) is 0.382. The summed E-state index contributed by atoms with van der Waals surface area (Å²) < 4.78 is 40.4. The van der Waals surface area contributed by atoms with Crippen LogP contribution in [0, 0.1) is 5.92 Å². The number of imidazole rings is 1. The van der Waals surface area contributed by atoms with Gasteiger partial charge < -0.3 is 30.3 Å². The number of aliphatic hydroxyl groups excluding tert-OH is 2. The van der Waals surface area contributed by atoms with E-state index < -0.39 is 35.9 Å². The van der Waals surface area contributed by atoms with Crippen molar-refractivity contribution < 1.29 is 28.2 Å². The van der Waals surface area contributed by atoms with Gasteiger partial charge in [-0.1, -0.05) is 0 Å². The molecule has 3 aromatic heterocycles. The second-order valence-corrected chi connectivity index (χ2v) is 9.23. The molecular weight excluding hydrogens is 493 g/mol. The Morgan fingerprint density at radius 2 is 1.97 bits per heavy atom. The van der Waals surface area contributed by atoms with Crippen molar-refractivity contribution in [2.24, 2.45) is 5.92 Å². The summed E-state index contributed by atoms with van der Waals surface area (Å²) in [7, 11) is 0. The SMILES string of the molecule is CCNC(=O)[C@H]1C[C@@H](n2cnc3c(NC4CCCN4c4ccc(C(F)(F)F)cn4)ncnc32)[C@H](O)[C@@H]1O. The Bertz CT molecular complexity index is 1270. The van der Waals surface area contributed by atoms with Gasteiger partial charge in [0.05, 0.1) is 30.0 Å². The lowest BCUT2D eigenvalue weighted by Gasteiger charge is -2.27. The Morgan fingerprint density at radius 3 is 2.68 bits per heavy atom. The number of nitrogens with zero attached hydrogens (tertiary/aromatic N) is 6. The summed E-state index contributed by atoms with van der Waals surface area (Å²) in [5.74, 6) is -0.254. The number of hydrogen-bond acceptors (Lipinski definition) is 9. The highest BCUT2D eigenvalue weighted by atomic mass is 19.4. The average molecular weight is 521 g/mol. The molecule has 2 fully saturated rings. The highest BCUT2D eigenvalue weighted by Crippen LogP contribution is 2.38. The first-order valence-electron chi connectivity index (χ1n) is 12.1. The van der Waals surface area contributed by atoms with E-state index >= 15 is 0 Å². The van der Waals surface area contributed by atoms with E-state index in [2.05, 4.69) is 30.6 Å². The lowest BCUT2D eigenvalue weighted by molar-refractivity contribution is -0.137. The normalized spacial score (nSPS) is 26.1.